The minimum Gasteiger partial charge on any atom is -0.372 e. The van der Waals surface area contributed by atoms with Gasteiger partial charge in [0.2, 0.25) is 5.91 Å². The number of carbonyl (C=O) groups is 1. The van der Waals surface area contributed by atoms with E-state index in [9.17, 15) is 4.79 Å². The Bertz CT molecular complexity index is 638. The highest BCUT2D eigenvalue weighted by Crippen LogP contribution is 2.27. The Kier molecular flexibility index (Phi) is 5.13. The van der Waals surface area contributed by atoms with Crippen molar-refractivity contribution in [1.82, 2.24) is 14.9 Å². The Morgan fingerprint density at radius 1 is 1.61 bits per heavy atom. The van der Waals surface area contributed by atoms with E-state index in [0.29, 0.717) is 6.61 Å². The second-order valence-corrected chi connectivity index (χ2v) is 7.24. The molecule has 2 aromatic rings. The minimum absolute atomic E-state index is 0.00773. The van der Waals surface area contributed by atoms with E-state index in [1.165, 1.54) is 4.88 Å². The zero-order valence-electron chi connectivity index (χ0n) is 13.6. The van der Waals surface area contributed by atoms with Crippen molar-refractivity contribution >= 4 is 17.2 Å². The van der Waals surface area contributed by atoms with Gasteiger partial charge in [-0.15, -0.1) is 11.3 Å². The third kappa shape index (κ3) is 4.00. The molecule has 0 saturated carbocycles. The molecule has 0 aliphatic carbocycles. The van der Waals surface area contributed by atoms with Crippen molar-refractivity contribution in [3.63, 3.8) is 0 Å². The Morgan fingerprint density at radius 3 is 3.17 bits per heavy atom. The predicted octanol–water partition coefficient (Wildman–Crippen LogP) is 2.70. The number of rotatable bonds is 5. The fraction of sp³-hybridized carbons (Fsp3) is 0.529. The molecule has 3 atom stereocenters. The van der Waals surface area contributed by atoms with Crippen LogP contribution in [-0.4, -0.2) is 28.1 Å². The van der Waals surface area contributed by atoms with Crippen LogP contribution in [0.1, 0.15) is 36.4 Å². The van der Waals surface area contributed by atoms with Crippen molar-refractivity contribution in [2.24, 2.45) is 13.0 Å². The van der Waals surface area contributed by atoms with Gasteiger partial charge < -0.3 is 14.6 Å². The van der Waals surface area contributed by atoms with Gasteiger partial charge in [0.15, 0.2) is 0 Å². The van der Waals surface area contributed by atoms with Crippen LogP contribution in [0.2, 0.25) is 0 Å². The number of ether oxygens (including phenoxy) is 1. The molecule has 1 N–H and O–H groups in total. The molecule has 0 radical (unpaired) electrons. The molecule has 1 aliphatic heterocycles. The summed E-state index contributed by atoms with van der Waals surface area (Å²) >= 11 is 1.71. The maximum Gasteiger partial charge on any atom is 0.223 e. The lowest BCUT2D eigenvalue weighted by atomic mass is 9.99. The number of carbonyl (C=O) groups excluding carboxylic acids is 1. The average molecular weight is 333 g/mol. The standard InChI is InChI=1S/C17H23N3O2S/c1-12(8-14-4-3-7-23-14)17(21)19-13-5-6-22-16(9-13)15-10-18-11-20(15)2/h3-4,7,10-13,16H,5-6,8-9H2,1-2H3,(H,19,21). The fourth-order valence-electron chi connectivity index (χ4n) is 2.98. The number of nitrogens with one attached hydrogen (secondary N) is 1. The number of hydrogen-bond acceptors (Lipinski definition) is 4. The molecule has 5 nitrogen and oxygen atoms in total. The van der Waals surface area contributed by atoms with E-state index in [1.54, 1.807) is 17.7 Å². The van der Waals surface area contributed by atoms with Gasteiger partial charge >= 0.3 is 0 Å². The number of aromatic nitrogens is 2. The molecule has 1 aliphatic rings. The van der Waals surface area contributed by atoms with Gasteiger partial charge in [-0.05, 0) is 30.7 Å². The van der Waals surface area contributed by atoms with Crippen molar-refractivity contribution in [2.75, 3.05) is 6.61 Å². The predicted molar refractivity (Wildman–Crippen MR) is 90.3 cm³/mol. The quantitative estimate of drug-likeness (QED) is 0.915. The topological polar surface area (TPSA) is 56.1 Å². The van der Waals surface area contributed by atoms with Crippen LogP contribution in [0, 0.1) is 5.92 Å². The first-order valence-electron chi connectivity index (χ1n) is 8.04. The van der Waals surface area contributed by atoms with Crippen molar-refractivity contribution in [1.29, 1.82) is 0 Å². The smallest absolute Gasteiger partial charge is 0.223 e. The first-order valence-corrected chi connectivity index (χ1v) is 8.92. The van der Waals surface area contributed by atoms with Gasteiger partial charge in [0, 0.05) is 30.5 Å². The maximum absolute atomic E-state index is 12.4. The van der Waals surface area contributed by atoms with Gasteiger partial charge in [-0.25, -0.2) is 4.98 Å². The molecule has 6 heteroatoms. The van der Waals surface area contributed by atoms with E-state index < -0.39 is 0 Å². The van der Waals surface area contributed by atoms with Crippen LogP contribution in [0.4, 0.5) is 0 Å². The molecular formula is C17H23N3O2S. The van der Waals surface area contributed by atoms with E-state index in [1.807, 2.05) is 30.8 Å². The van der Waals surface area contributed by atoms with Crippen LogP contribution >= 0.6 is 11.3 Å². The molecule has 3 rings (SSSR count). The average Bonchev–Trinajstić information content (AvgIpc) is 3.19. The van der Waals surface area contributed by atoms with Crippen molar-refractivity contribution < 1.29 is 9.53 Å². The number of imidazole rings is 1. The molecule has 1 amide bonds. The fourth-order valence-corrected chi connectivity index (χ4v) is 3.81. The van der Waals surface area contributed by atoms with Crippen LogP contribution in [0.5, 0.6) is 0 Å². The number of aryl methyl sites for hydroxylation is 1. The second-order valence-electron chi connectivity index (χ2n) is 6.20. The lowest BCUT2D eigenvalue weighted by molar-refractivity contribution is -0.126. The molecular weight excluding hydrogens is 310 g/mol. The Morgan fingerprint density at radius 2 is 2.48 bits per heavy atom. The lowest BCUT2D eigenvalue weighted by Gasteiger charge is -2.31. The van der Waals surface area contributed by atoms with Gasteiger partial charge in [-0.1, -0.05) is 13.0 Å². The van der Waals surface area contributed by atoms with E-state index in [0.717, 1.165) is 25.0 Å². The summed E-state index contributed by atoms with van der Waals surface area (Å²) < 4.78 is 7.83. The third-order valence-electron chi connectivity index (χ3n) is 4.35. The Labute approximate surface area is 140 Å². The summed E-state index contributed by atoms with van der Waals surface area (Å²) in [5.74, 6) is 0.126. The zero-order valence-corrected chi connectivity index (χ0v) is 14.4. The van der Waals surface area contributed by atoms with E-state index in [-0.39, 0.29) is 24.0 Å². The highest BCUT2D eigenvalue weighted by molar-refractivity contribution is 7.09. The number of amides is 1. The molecule has 1 saturated heterocycles. The van der Waals surface area contributed by atoms with Crippen LogP contribution in [0.3, 0.4) is 0 Å². The summed E-state index contributed by atoms with van der Waals surface area (Å²) in [7, 11) is 1.97. The normalized spacial score (nSPS) is 22.7. The molecule has 3 unspecified atom stereocenters. The largest absolute Gasteiger partial charge is 0.372 e. The third-order valence-corrected chi connectivity index (χ3v) is 5.25. The molecule has 0 aromatic carbocycles. The van der Waals surface area contributed by atoms with E-state index >= 15 is 0 Å². The highest BCUT2D eigenvalue weighted by atomic mass is 32.1. The first-order chi connectivity index (χ1) is 11.1. The molecule has 0 bridgehead atoms. The van der Waals surface area contributed by atoms with Gasteiger partial charge in [0.05, 0.1) is 18.2 Å². The van der Waals surface area contributed by atoms with Crippen molar-refractivity contribution in [3.8, 4) is 0 Å². The molecule has 124 valence electrons. The Hall–Kier alpha value is -1.66. The minimum atomic E-state index is -0.00773. The van der Waals surface area contributed by atoms with Crippen molar-refractivity contribution in [2.45, 2.75) is 38.3 Å². The summed E-state index contributed by atoms with van der Waals surface area (Å²) in [6.45, 7) is 2.66. The molecule has 3 heterocycles. The van der Waals surface area contributed by atoms with Gasteiger partial charge in [-0.2, -0.15) is 0 Å². The SMILES string of the molecule is CC(Cc1cccs1)C(=O)NC1CCOC(c2cncn2C)C1. The van der Waals surface area contributed by atoms with Gasteiger partial charge in [0.1, 0.15) is 6.10 Å². The summed E-state index contributed by atoms with van der Waals surface area (Å²) in [5, 5.41) is 5.25. The second kappa shape index (κ2) is 7.27. The summed E-state index contributed by atoms with van der Waals surface area (Å²) in [6.07, 6.45) is 6.10. The molecule has 2 aromatic heterocycles. The van der Waals surface area contributed by atoms with Crippen LogP contribution in [-0.2, 0) is 23.0 Å². The first kappa shape index (κ1) is 16.2. The molecule has 23 heavy (non-hydrogen) atoms. The van der Waals surface area contributed by atoms with E-state index in [4.69, 9.17) is 4.74 Å². The molecule has 0 spiro atoms. The highest BCUT2D eigenvalue weighted by Gasteiger charge is 2.27. The van der Waals surface area contributed by atoms with E-state index in [2.05, 4.69) is 21.7 Å². The number of hydrogen-bond donors (Lipinski definition) is 1. The maximum atomic E-state index is 12.4. The van der Waals surface area contributed by atoms with Crippen LogP contribution in [0.25, 0.3) is 0 Å². The zero-order chi connectivity index (χ0) is 16.2. The van der Waals surface area contributed by atoms with Crippen LogP contribution in [0.15, 0.2) is 30.0 Å². The summed E-state index contributed by atoms with van der Waals surface area (Å²) in [4.78, 5) is 17.8. The Balaban J connectivity index is 1.55. The monoisotopic (exact) mass is 333 g/mol. The van der Waals surface area contributed by atoms with Crippen molar-refractivity contribution in [3.05, 3.63) is 40.6 Å². The van der Waals surface area contributed by atoms with Gasteiger partial charge in [-0.3, -0.25) is 4.79 Å². The number of nitrogens with zero attached hydrogens (tertiary/aromatic N) is 2. The molecule has 1 fully saturated rings. The van der Waals surface area contributed by atoms with Gasteiger partial charge in [0.25, 0.3) is 0 Å². The summed E-state index contributed by atoms with van der Waals surface area (Å²) in [5.41, 5.74) is 1.07. The summed E-state index contributed by atoms with van der Waals surface area (Å²) in [6, 6.07) is 4.28. The van der Waals surface area contributed by atoms with Crippen LogP contribution < -0.4 is 5.32 Å². The lowest BCUT2D eigenvalue weighted by Crippen LogP contribution is -2.42. The number of thiophene rings is 1.